The Morgan fingerprint density at radius 2 is 1.86 bits per heavy atom. The molecule has 0 bridgehead atoms. The molecule has 5 heteroatoms. The van der Waals surface area contributed by atoms with Crippen LogP contribution in [0.25, 0.3) is 0 Å². The van der Waals surface area contributed by atoms with E-state index >= 15 is 0 Å². The minimum Gasteiger partial charge on any atom is -0.324 e. The number of benzene rings is 1. The van der Waals surface area contributed by atoms with Crippen molar-refractivity contribution in [2.75, 3.05) is 31.5 Å². The van der Waals surface area contributed by atoms with Crippen molar-refractivity contribution in [1.29, 1.82) is 0 Å². The Bertz CT molecular complexity index is 535. The van der Waals surface area contributed by atoms with E-state index in [0.29, 0.717) is 17.3 Å². The van der Waals surface area contributed by atoms with E-state index < -0.39 is 0 Å². The van der Waals surface area contributed by atoms with Gasteiger partial charge in [-0.2, -0.15) is 0 Å². The van der Waals surface area contributed by atoms with Gasteiger partial charge in [0, 0.05) is 24.8 Å². The molecule has 0 unspecified atom stereocenters. The van der Waals surface area contributed by atoms with Crippen LogP contribution in [0.2, 0.25) is 0 Å². The van der Waals surface area contributed by atoms with Gasteiger partial charge in [0.15, 0.2) is 0 Å². The van der Waals surface area contributed by atoms with Crippen molar-refractivity contribution in [3.63, 3.8) is 0 Å². The highest BCUT2D eigenvalue weighted by Gasteiger charge is 2.28. The van der Waals surface area contributed by atoms with Gasteiger partial charge in [-0.15, -0.1) is 0 Å². The van der Waals surface area contributed by atoms with E-state index in [2.05, 4.69) is 10.2 Å². The first-order valence-corrected chi connectivity index (χ1v) is 8.19. The fourth-order valence-electron chi connectivity index (χ4n) is 3.47. The van der Waals surface area contributed by atoms with E-state index in [-0.39, 0.29) is 11.8 Å². The second-order valence-corrected chi connectivity index (χ2v) is 6.36. The van der Waals surface area contributed by atoms with Crippen molar-refractivity contribution < 1.29 is 9.18 Å². The average Bonchev–Trinajstić information content (AvgIpc) is 3.05. The lowest BCUT2D eigenvalue weighted by Crippen LogP contribution is -2.47. The van der Waals surface area contributed by atoms with Crippen molar-refractivity contribution in [1.82, 2.24) is 9.80 Å². The molecular formula is C17H24FN3O. The van der Waals surface area contributed by atoms with Gasteiger partial charge in [0.05, 0.1) is 0 Å². The molecule has 3 rings (SSSR count). The Morgan fingerprint density at radius 3 is 2.50 bits per heavy atom. The predicted molar refractivity (Wildman–Crippen MR) is 85.6 cm³/mol. The van der Waals surface area contributed by atoms with E-state index in [1.165, 1.54) is 32.0 Å². The van der Waals surface area contributed by atoms with E-state index in [1.54, 1.807) is 19.1 Å². The molecule has 2 aliphatic heterocycles. The topological polar surface area (TPSA) is 35.6 Å². The number of amides is 2. The zero-order valence-corrected chi connectivity index (χ0v) is 13.1. The number of urea groups is 1. The maximum atomic E-state index is 13.3. The van der Waals surface area contributed by atoms with Gasteiger partial charge in [0.2, 0.25) is 0 Å². The summed E-state index contributed by atoms with van der Waals surface area (Å²) in [5.41, 5.74) is 1.20. The molecule has 1 N–H and O–H groups in total. The van der Waals surface area contributed by atoms with Gasteiger partial charge in [-0.1, -0.05) is 0 Å². The molecule has 2 saturated heterocycles. The molecule has 0 atom stereocenters. The molecule has 4 nitrogen and oxygen atoms in total. The smallest absolute Gasteiger partial charge is 0.321 e. The van der Waals surface area contributed by atoms with E-state index in [1.807, 2.05) is 4.90 Å². The second kappa shape index (κ2) is 6.65. The van der Waals surface area contributed by atoms with Crippen molar-refractivity contribution >= 4 is 11.7 Å². The molecule has 2 fully saturated rings. The van der Waals surface area contributed by atoms with Gasteiger partial charge in [-0.05, 0) is 69.5 Å². The Morgan fingerprint density at radius 1 is 1.18 bits per heavy atom. The maximum Gasteiger partial charge on any atom is 0.321 e. The highest BCUT2D eigenvalue weighted by molar-refractivity contribution is 5.89. The molecule has 22 heavy (non-hydrogen) atoms. The largest absolute Gasteiger partial charge is 0.324 e. The number of nitrogens with zero attached hydrogens (tertiary/aromatic N) is 2. The lowest BCUT2D eigenvalue weighted by Gasteiger charge is -2.36. The van der Waals surface area contributed by atoms with Crippen molar-refractivity contribution in [2.45, 2.75) is 38.6 Å². The molecule has 0 spiro atoms. The number of hydrogen-bond acceptors (Lipinski definition) is 2. The monoisotopic (exact) mass is 305 g/mol. The number of carbonyl (C=O) groups is 1. The number of hydrogen-bond donors (Lipinski definition) is 1. The SMILES string of the molecule is Cc1cc(NC(=O)N2CCC(N3CCCC3)CC2)ccc1F. The minimum atomic E-state index is -0.246. The predicted octanol–water partition coefficient (Wildman–Crippen LogP) is 3.23. The Labute approximate surface area is 131 Å². The Kier molecular flexibility index (Phi) is 4.62. The maximum absolute atomic E-state index is 13.3. The molecule has 1 aromatic carbocycles. The van der Waals surface area contributed by atoms with Crippen LogP contribution in [-0.2, 0) is 0 Å². The average molecular weight is 305 g/mol. The minimum absolute atomic E-state index is 0.0779. The fraction of sp³-hybridized carbons (Fsp3) is 0.588. The van der Waals surface area contributed by atoms with Crippen LogP contribution in [0.15, 0.2) is 18.2 Å². The lowest BCUT2D eigenvalue weighted by atomic mass is 10.0. The number of aryl methyl sites for hydroxylation is 1. The van der Waals surface area contributed by atoms with Crippen LogP contribution >= 0.6 is 0 Å². The number of carbonyl (C=O) groups excluding carboxylic acids is 1. The molecule has 1 aromatic rings. The zero-order valence-electron chi connectivity index (χ0n) is 13.1. The number of nitrogens with one attached hydrogen (secondary N) is 1. The third-order valence-corrected chi connectivity index (χ3v) is 4.82. The molecule has 120 valence electrons. The first kappa shape index (κ1) is 15.3. The van der Waals surface area contributed by atoms with Crippen LogP contribution in [0.1, 0.15) is 31.2 Å². The molecule has 0 radical (unpaired) electrons. The van der Waals surface area contributed by atoms with E-state index in [4.69, 9.17) is 0 Å². The Hall–Kier alpha value is -1.62. The third kappa shape index (κ3) is 3.40. The standard InChI is InChI=1S/C17H24FN3O/c1-13-12-14(4-5-16(13)18)19-17(22)21-10-6-15(7-11-21)20-8-2-3-9-20/h4-5,12,15H,2-3,6-11H2,1H3,(H,19,22). The van der Waals surface area contributed by atoms with E-state index in [9.17, 15) is 9.18 Å². The van der Waals surface area contributed by atoms with Crippen molar-refractivity contribution in [3.05, 3.63) is 29.6 Å². The number of anilines is 1. The molecule has 0 aliphatic carbocycles. The third-order valence-electron chi connectivity index (χ3n) is 4.82. The highest BCUT2D eigenvalue weighted by Crippen LogP contribution is 2.22. The van der Waals surface area contributed by atoms with Crippen LogP contribution in [0.3, 0.4) is 0 Å². The molecular weight excluding hydrogens is 281 g/mol. The van der Waals surface area contributed by atoms with Crippen LogP contribution in [0.4, 0.5) is 14.9 Å². The number of piperidine rings is 1. The van der Waals surface area contributed by atoms with Gasteiger partial charge in [-0.25, -0.2) is 9.18 Å². The second-order valence-electron chi connectivity index (χ2n) is 6.36. The van der Waals surface area contributed by atoms with Crippen LogP contribution < -0.4 is 5.32 Å². The van der Waals surface area contributed by atoms with Crippen LogP contribution in [0.5, 0.6) is 0 Å². The molecule has 0 aromatic heterocycles. The Balaban J connectivity index is 1.52. The van der Waals surface area contributed by atoms with Gasteiger partial charge < -0.3 is 15.1 Å². The van der Waals surface area contributed by atoms with Crippen molar-refractivity contribution in [3.8, 4) is 0 Å². The van der Waals surface area contributed by atoms with Crippen LogP contribution in [-0.4, -0.2) is 48.1 Å². The zero-order chi connectivity index (χ0) is 15.5. The van der Waals surface area contributed by atoms with Gasteiger partial charge in [-0.3, -0.25) is 0 Å². The number of rotatable bonds is 2. The van der Waals surface area contributed by atoms with Crippen molar-refractivity contribution in [2.24, 2.45) is 0 Å². The first-order chi connectivity index (χ1) is 10.6. The summed E-state index contributed by atoms with van der Waals surface area (Å²) in [5, 5.41) is 2.87. The van der Waals surface area contributed by atoms with Gasteiger partial charge in [0.1, 0.15) is 5.82 Å². The summed E-state index contributed by atoms with van der Waals surface area (Å²) in [6, 6.07) is 5.23. The highest BCUT2D eigenvalue weighted by atomic mass is 19.1. The summed E-state index contributed by atoms with van der Waals surface area (Å²) in [6.07, 6.45) is 4.72. The number of halogens is 1. The van der Waals surface area contributed by atoms with Gasteiger partial charge in [0.25, 0.3) is 0 Å². The summed E-state index contributed by atoms with van der Waals surface area (Å²) >= 11 is 0. The normalized spacial score (nSPS) is 20.4. The molecule has 0 saturated carbocycles. The summed E-state index contributed by atoms with van der Waals surface area (Å²) < 4.78 is 13.3. The molecule has 2 aliphatic rings. The summed E-state index contributed by atoms with van der Waals surface area (Å²) in [5.74, 6) is -0.246. The van der Waals surface area contributed by atoms with Gasteiger partial charge >= 0.3 is 6.03 Å². The summed E-state index contributed by atoms with van der Waals surface area (Å²) in [4.78, 5) is 16.7. The lowest BCUT2D eigenvalue weighted by molar-refractivity contribution is 0.140. The summed E-state index contributed by atoms with van der Waals surface area (Å²) in [6.45, 7) is 5.73. The number of likely N-dealkylation sites (tertiary alicyclic amines) is 2. The molecule has 2 heterocycles. The fourth-order valence-corrected chi connectivity index (χ4v) is 3.47. The van der Waals surface area contributed by atoms with E-state index in [0.717, 1.165) is 25.9 Å². The summed E-state index contributed by atoms with van der Waals surface area (Å²) in [7, 11) is 0. The first-order valence-electron chi connectivity index (χ1n) is 8.19. The van der Waals surface area contributed by atoms with Crippen LogP contribution in [0, 0.1) is 12.7 Å². The molecule has 2 amide bonds. The quantitative estimate of drug-likeness (QED) is 0.910.